The number of fused-ring (bicyclic) bond motifs is 1. The summed E-state index contributed by atoms with van der Waals surface area (Å²) < 4.78 is 32.6. The van der Waals surface area contributed by atoms with Crippen LogP contribution < -0.4 is 9.46 Å². The Balaban J connectivity index is 1.99. The van der Waals surface area contributed by atoms with Crippen molar-refractivity contribution in [2.75, 3.05) is 11.8 Å². The minimum absolute atomic E-state index is 0.0978. The molecule has 0 aliphatic rings. The highest BCUT2D eigenvalue weighted by molar-refractivity contribution is 7.92. The number of H-pyrrole nitrogens is 1. The van der Waals surface area contributed by atoms with Crippen molar-refractivity contribution in [1.29, 1.82) is 0 Å². The summed E-state index contributed by atoms with van der Waals surface area (Å²) in [5.74, 6) is -0.0978. The third-order valence-electron chi connectivity index (χ3n) is 3.45. The highest BCUT2D eigenvalue weighted by Crippen LogP contribution is 2.30. The molecular formula is C15H13N3O5S. The number of methoxy groups -OCH3 is 1. The molecule has 0 aliphatic heterocycles. The fraction of sp³-hybridized carbons (Fsp3) is 0.0667. The smallest absolute Gasteiger partial charge is 0.273 e. The molecule has 3 aromatic rings. The maximum absolute atomic E-state index is 12.6. The van der Waals surface area contributed by atoms with E-state index in [4.69, 9.17) is 4.74 Å². The van der Waals surface area contributed by atoms with Gasteiger partial charge in [-0.25, -0.2) is 8.42 Å². The van der Waals surface area contributed by atoms with E-state index in [-0.39, 0.29) is 16.3 Å². The molecule has 3 rings (SSSR count). The van der Waals surface area contributed by atoms with Gasteiger partial charge in [-0.1, -0.05) is 0 Å². The molecule has 24 heavy (non-hydrogen) atoms. The maximum atomic E-state index is 12.6. The lowest BCUT2D eigenvalue weighted by Crippen LogP contribution is -2.14. The number of nitro benzene ring substituents is 1. The van der Waals surface area contributed by atoms with Crippen LogP contribution in [0.25, 0.3) is 10.9 Å². The quantitative estimate of drug-likeness (QED) is 0.544. The SMILES string of the molecule is COc1cc([N+](=O)[O-])ccc1S(=O)(=O)Nc1ccc2[nH]ccc2c1. The number of nitrogens with one attached hydrogen (secondary N) is 2. The molecule has 1 aromatic heterocycles. The van der Waals surface area contributed by atoms with Gasteiger partial charge in [-0.3, -0.25) is 14.8 Å². The summed E-state index contributed by atoms with van der Waals surface area (Å²) >= 11 is 0. The minimum atomic E-state index is -3.96. The second kappa shape index (κ2) is 5.85. The second-order valence-corrected chi connectivity index (χ2v) is 6.63. The third kappa shape index (κ3) is 2.88. The fourth-order valence-electron chi connectivity index (χ4n) is 2.32. The Bertz CT molecular complexity index is 1030. The van der Waals surface area contributed by atoms with E-state index >= 15 is 0 Å². The summed E-state index contributed by atoms with van der Waals surface area (Å²) in [5, 5.41) is 11.7. The van der Waals surface area contributed by atoms with Crippen LogP contribution in [0.4, 0.5) is 11.4 Å². The second-order valence-electron chi connectivity index (χ2n) is 4.98. The Morgan fingerprint density at radius 1 is 1.17 bits per heavy atom. The number of nitro groups is 1. The van der Waals surface area contributed by atoms with Crippen LogP contribution in [0.2, 0.25) is 0 Å². The maximum Gasteiger partial charge on any atom is 0.273 e. The van der Waals surface area contributed by atoms with E-state index < -0.39 is 14.9 Å². The number of sulfonamides is 1. The molecule has 2 N–H and O–H groups in total. The number of anilines is 1. The van der Waals surface area contributed by atoms with E-state index in [2.05, 4.69) is 9.71 Å². The number of non-ortho nitro benzene ring substituents is 1. The van der Waals surface area contributed by atoms with Gasteiger partial charge >= 0.3 is 0 Å². The zero-order valence-electron chi connectivity index (χ0n) is 12.5. The first-order valence-corrected chi connectivity index (χ1v) is 8.31. The van der Waals surface area contributed by atoms with Crippen LogP contribution in [-0.2, 0) is 10.0 Å². The number of aromatic amines is 1. The molecule has 0 radical (unpaired) electrons. The molecule has 0 aliphatic carbocycles. The number of aromatic nitrogens is 1. The lowest BCUT2D eigenvalue weighted by Gasteiger charge is -2.11. The lowest BCUT2D eigenvalue weighted by atomic mass is 10.2. The van der Waals surface area contributed by atoms with Crippen LogP contribution in [0, 0.1) is 10.1 Å². The molecular weight excluding hydrogens is 334 g/mol. The van der Waals surface area contributed by atoms with Gasteiger partial charge in [0.2, 0.25) is 0 Å². The lowest BCUT2D eigenvalue weighted by molar-refractivity contribution is -0.385. The summed E-state index contributed by atoms with van der Waals surface area (Å²) in [7, 11) is -2.70. The van der Waals surface area contributed by atoms with Gasteiger partial charge in [-0.2, -0.15) is 0 Å². The summed E-state index contributed by atoms with van der Waals surface area (Å²) in [6.07, 6.45) is 1.75. The number of nitrogens with zero attached hydrogens (tertiary/aromatic N) is 1. The van der Waals surface area contributed by atoms with Gasteiger partial charge in [0.15, 0.2) is 0 Å². The van der Waals surface area contributed by atoms with Gasteiger partial charge in [0.05, 0.1) is 18.1 Å². The van der Waals surface area contributed by atoms with Gasteiger partial charge in [-0.15, -0.1) is 0 Å². The first-order chi connectivity index (χ1) is 11.4. The minimum Gasteiger partial charge on any atom is -0.495 e. The zero-order chi connectivity index (χ0) is 17.3. The number of rotatable bonds is 5. The molecule has 0 spiro atoms. The number of benzene rings is 2. The van der Waals surface area contributed by atoms with Crippen LogP contribution in [-0.4, -0.2) is 25.4 Å². The Morgan fingerprint density at radius 3 is 2.67 bits per heavy atom. The summed E-state index contributed by atoms with van der Waals surface area (Å²) in [5.41, 5.74) is 1.01. The predicted octanol–water partition coefficient (Wildman–Crippen LogP) is 2.89. The van der Waals surface area contributed by atoms with Gasteiger partial charge < -0.3 is 9.72 Å². The fourth-order valence-corrected chi connectivity index (χ4v) is 3.52. The van der Waals surface area contributed by atoms with E-state index in [0.29, 0.717) is 5.69 Å². The standard InChI is InChI=1S/C15H13N3O5S/c1-23-14-9-12(18(19)20)3-5-15(14)24(21,22)17-11-2-4-13-10(8-11)6-7-16-13/h2-9,16-17H,1H3. The highest BCUT2D eigenvalue weighted by atomic mass is 32.2. The molecule has 1 heterocycles. The Hall–Kier alpha value is -3.07. The van der Waals surface area contributed by atoms with E-state index in [1.807, 2.05) is 6.07 Å². The Kier molecular flexibility index (Phi) is 3.86. The number of hydrogen-bond donors (Lipinski definition) is 2. The van der Waals surface area contributed by atoms with Crippen molar-refractivity contribution in [3.8, 4) is 5.75 Å². The van der Waals surface area contributed by atoms with Gasteiger partial charge in [0.25, 0.3) is 15.7 Å². The first-order valence-electron chi connectivity index (χ1n) is 6.83. The van der Waals surface area contributed by atoms with Crippen molar-refractivity contribution in [1.82, 2.24) is 4.98 Å². The molecule has 0 atom stereocenters. The predicted molar refractivity (Wildman–Crippen MR) is 88.8 cm³/mol. The van der Waals surface area contributed by atoms with Crippen LogP contribution in [0.5, 0.6) is 5.75 Å². The highest BCUT2D eigenvalue weighted by Gasteiger charge is 2.22. The van der Waals surface area contributed by atoms with E-state index in [0.717, 1.165) is 29.1 Å². The van der Waals surface area contributed by atoms with Crippen LogP contribution in [0.1, 0.15) is 0 Å². The molecule has 124 valence electrons. The van der Waals surface area contributed by atoms with Crippen molar-refractivity contribution in [3.63, 3.8) is 0 Å². The molecule has 0 bridgehead atoms. The largest absolute Gasteiger partial charge is 0.495 e. The molecule has 0 amide bonds. The van der Waals surface area contributed by atoms with Crippen molar-refractivity contribution >= 4 is 32.3 Å². The van der Waals surface area contributed by atoms with E-state index in [9.17, 15) is 18.5 Å². The van der Waals surface area contributed by atoms with Gasteiger partial charge in [0, 0.05) is 28.9 Å². The molecule has 8 nitrogen and oxygen atoms in total. The molecule has 2 aromatic carbocycles. The van der Waals surface area contributed by atoms with Crippen molar-refractivity contribution < 1.29 is 18.1 Å². The van der Waals surface area contributed by atoms with Gasteiger partial charge in [-0.05, 0) is 30.3 Å². The first kappa shape index (κ1) is 15.8. The van der Waals surface area contributed by atoms with Crippen LogP contribution in [0.15, 0.2) is 53.6 Å². The van der Waals surface area contributed by atoms with E-state index in [1.54, 1.807) is 24.4 Å². The average molecular weight is 347 g/mol. The third-order valence-corrected chi connectivity index (χ3v) is 4.87. The Labute approximate surface area is 137 Å². The van der Waals surface area contributed by atoms with Gasteiger partial charge in [0.1, 0.15) is 10.6 Å². The molecule has 0 unspecified atom stereocenters. The van der Waals surface area contributed by atoms with E-state index in [1.165, 1.54) is 7.11 Å². The monoisotopic (exact) mass is 347 g/mol. The Morgan fingerprint density at radius 2 is 1.96 bits per heavy atom. The van der Waals surface area contributed by atoms with Crippen LogP contribution in [0.3, 0.4) is 0 Å². The number of ether oxygens (including phenoxy) is 1. The molecule has 0 saturated heterocycles. The van der Waals surface area contributed by atoms with Crippen molar-refractivity contribution in [2.24, 2.45) is 0 Å². The molecule has 0 saturated carbocycles. The number of hydrogen-bond acceptors (Lipinski definition) is 5. The zero-order valence-corrected chi connectivity index (χ0v) is 13.3. The summed E-state index contributed by atoms with van der Waals surface area (Å²) in [6, 6.07) is 10.2. The average Bonchev–Trinajstić information content (AvgIpc) is 3.01. The van der Waals surface area contributed by atoms with Crippen molar-refractivity contribution in [3.05, 3.63) is 58.8 Å². The summed E-state index contributed by atoms with van der Waals surface area (Å²) in [6.45, 7) is 0. The molecule has 0 fully saturated rings. The van der Waals surface area contributed by atoms with Crippen molar-refractivity contribution in [2.45, 2.75) is 4.90 Å². The molecule has 9 heteroatoms. The topological polar surface area (TPSA) is 114 Å². The normalized spacial score (nSPS) is 11.4. The summed E-state index contributed by atoms with van der Waals surface area (Å²) in [4.78, 5) is 13.0. The van der Waals surface area contributed by atoms with Crippen LogP contribution >= 0.6 is 0 Å².